The van der Waals surface area contributed by atoms with Crippen molar-refractivity contribution in [2.75, 3.05) is 19.6 Å². The Morgan fingerprint density at radius 2 is 1.93 bits per heavy atom. The van der Waals surface area contributed by atoms with Gasteiger partial charge < -0.3 is 11.1 Å². The van der Waals surface area contributed by atoms with Gasteiger partial charge in [-0.1, -0.05) is 6.07 Å². The van der Waals surface area contributed by atoms with Crippen LogP contribution >= 0.6 is 12.4 Å². The molecular formula is C19H30ClN3O3S. The van der Waals surface area contributed by atoms with Gasteiger partial charge in [-0.3, -0.25) is 4.79 Å². The molecule has 0 bridgehead atoms. The monoisotopic (exact) mass is 415 g/mol. The van der Waals surface area contributed by atoms with Crippen molar-refractivity contribution in [3.8, 4) is 0 Å². The topological polar surface area (TPSA) is 92.5 Å². The molecule has 0 radical (unpaired) electrons. The highest BCUT2D eigenvalue weighted by molar-refractivity contribution is 7.89. The maximum Gasteiger partial charge on any atom is 0.243 e. The van der Waals surface area contributed by atoms with Crippen LogP contribution in [0.4, 0.5) is 0 Å². The van der Waals surface area contributed by atoms with Crippen LogP contribution < -0.4 is 11.1 Å². The zero-order chi connectivity index (χ0) is 18.7. The number of fused-ring (bicyclic) bond motifs is 1. The van der Waals surface area contributed by atoms with Gasteiger partial charge in [0.25, 0.3) is 0 Å². The largest absolute Gasteiger partial charge is 0.356 e. The van der Waals surface area contributed by atoms with Gasteiger partial charge in [0.05, 0.1) is 4.90 Å². The predicted octanol–water partition coefficient (Wildman–Crippen LogP) is 1.85. The highest BCUT2D eigenvalue weighted by Gasteiger charge is 2.32. The second-order valence-corrected chi connectivity index (χ2v) is 9.46. The van der Waals surface area contributed by atoms with Crippen LogP contribution in [0.5, 0.6) is 0 Å². The lowest BCUT2D eigenvalue weighted by Gasteiger charge is -2.30. The minimum absolute atomic E-state index is 0. The van der Waals surface area contributed by atoms with Gasteiger partial charge in [-0.25, -0.2) is 8.42 Å². The number of hydrogen-bond acceptors (Lipinski definition) is 4. The molecule has 2 aliphatic rings. The summed E-state index contributed by atoms with van der Waals surface area (Å²) in [4.78, 5) is 12.6. The molecule has 1 fully saturated rings. The fraction of sp³-hybridized carbons (Fsp3) is 0.632. The number of nitrogens with one attached hydrogen (secondary N) is 1. The van der Waals surface area contributed by atoms with E-state index in [9.17, 15) is 13.2 Å². The summed E-state index contributed by atoms with van der Waals surface area (Å²) >= 11 is 0. The molecule has 0 spiro atoms. The molecule has 8 heteroatoms. The van der Waals surface area contributed by atoms with E-state index in [0.29, 0.717) is 37.4 Å². The van der Waals surface area contributed by atoms with Crippen LogP contribution in [-0.2, 0) is 27.7 Å². The third-order valence-electron chi connectivity index (χ3n) is 5.43. The smallest absolute Gasteiger partial charge is 0.243 e. The number of carbonyl (C=O) groups is 1. The molecule has 1 heterocycles. The lowest BCUT2D eigenvalue weighted by molar-refractivity contribution is -0.126. The SMILES string of the molecule is CC(N)CCNC(=O)C1CCN(S(=O)(=O)c2ccc3c(c2)CCC3)CC1.Cl. The average Bonchev–Trinajstić information content (AvgIpc) is 3.09. The van der Waals surface area contributed by atoms with E-state index in [1.807, 2.05) is 19.1 Å². The summed E-state index contributed by atoms with van der Waals surface area (Å²) in [5, 5.41) is 2.91. The van der Waals surface area contributed by atoms with Gasteiger partial charge in [0.15, 0.2) is 0 Å². The molecule has 3 N–H and O–H groups in total. The van der Waals surface area contributed by atoms with Crippen molar-refractivity contribution < 1.29 is 13.2 Å². The molecule has 1 amide bonds. The molecule has 1 atom stereocenters. The molecule has 0 saturated carbocycles. The number of halogens is 1. The second-order valence-electron chi connectivity index (χ2n) is 7.52. The van der Waals surface area contributed by atoms with Crippen molar-refractivity contribution in [2.24, 2.45) is 11.7 Å². The quantitative estimate of drug-likeness (QED) is 0.741. The van der Waals surface area contributed by atoms with E-state index in [-0.39, 0.29) is 30.3 Å². The van der Waals surface area contributed by atoms with Crippen LogP contribution in [0.15, 0.2) is 23.1 Å². The Morgan fingerprint density at radius 1 is 1.26 bits per heavy atom. The fourth-order valence-electron chi connectivity index (χ4n) is 3.78. The predicted molar refractivity (Wildman–Crippen MR) is 108 cm³/mol. The Morgan fingerprint density at radius 3 is 2.59 bits per heavy atom. The number of nitrogens with two attached hydrogens (primary N) is 1. The molecule has 152 valence electrons. The number of aryl methyl sites for hydroxylation is 2. The van der Waals surface area contributed by atoms with E-state index >= 15 is 0 Å². The standard InChI is InChI=1S/C19H29N3O3S.ClH/c1-14(20)7-10-21-19(23)16-8-11-22(12-9-16)26(24,25)18-6-5-15-3-2-4-17(15)13-18;/h5-6,13-14,16H,2-4,7-12,20H2,1H3,(H,21,23);1H. The maximum atomic E-state index is 12.9. The number of nitrogens with zero attached hydrogens (tertiary/aromatic N) is 1. The second kappa shape index (κ2) is 9.37. The molecule has 0 aromatic heterocycles. The molecule has 1 aliphatic heterocycles. The fourth-order valence-corrected chi connectivity index (χ4v) is 5.30. The summed E-state index contributed by atoms with van der Waals surface area (Å²) in [6.07, 6.45) is 4.98. The number of benzene rings is 1. The lowest BCUT2D eigenvalue weighted by atomic mass is 9.97. The summed E-state index contributed by atoms with van der Waals surface area (Å²) < 4.78 is 27.4. The van der Waals surface area contributed by atoms with E-state index in [1.165, 1.54) is 9.87 Å². The number of sulfonamides is 1. The third kappa shape index (κ3) is 5.22. The number of carbonyl (C=O) groups excluding carboxylic acids is 1. The molecular weight excluding hydrogens is 386 g/mol. The van der Waals surface area contributed by atoms with Crippen molar-refractivity contribution in [1.29, 1.82) is 0 Å². The molecule has 27 heavy (non-hydrogen) atoms. The Bertz CT molecular complexity index is 759. The van der Waals surface area contributed by atoms with E-state index in [1.54, 1.807) is 6.07 Å². The first-order valence-corrected chi connectivity index (χ1v) is 11.0. The zero-order valence-corrected chi connectivity index (χ0v) is 17.4. The summed E-state index contributed by atoms with van der Waals surface area (Å²) in [6, 6.07) is 5.58. The van der Waals surface area contributed by atoms with Crippen molar-refractivity contribution in [2.45, 2.75) is 56.4 Å². The summed E-state index contributed by atoms with van der Waals surface area (Å²) in [7, 11) is -3.48. The molecule has 1 unspecified atom stereocenters. The zero-order valence-electron chi connectivity index (χ0n) is 15.8. The van der Waals surface area contributed by atoms with Crippen molar-refractivity contribution in [1.82, 2.24) is 9.62 Å². The number of rotatable bonds is 6. The Kier molecular flexibility index (Phi) is 7.68. The third-order valence-corrected chi connectivity index (χ3v) is 7.33. The molecule has 6 nitrogen and oxygen atoms in total. The molecule has 3 rings (SSSR count). The van der Waals surface area contributed by atoms with Gasteiger partial charge in [0, 0.05) is 31.6 Å². The van der Waals surface area contributed by atoms with Crippen molar-refractivity contribution in [3.05, 3.63) is 29.3 Å². The first-order valence-electron chi connectivity index (χ1n) is 9.53. The molecule has 1 saturated heterocycles. The normalized spacial score (nSPS) is 19.2. The molecule has 1 aliphatic carbocycles. The van der Waals surface area contributed by atoms with Gasteiger partial charge in [-0.15, -0.1) is 12.4 Å². The van der Waals surface area contributed by atoms with Crippen LogP contribution in [0.3, 0.4) is 0 Å². The molecule has 1 aromatic rings. The first-order chi connectivity index (χ1) is 12.4. The maximum absolute atomic E-state index is 12.9. The van der Waals surface area contributed by atoms with Gasteiger partial charge in [0.2, 0.25) is 15.9 Å². The minimum Gasteiger partial charge on any atom is -0.356 e. The van der Waals surface area contributed by atoms with Gasteiger partial charge in [-0.2, -0.15) is 4.31 Å². The first kappa shape index (κ1) is 22.1. The summed E-state index contributed by atoms with van der Waals surface area (Å²) in [5.41, 5.74) is 8.12. The number of hydrogen-bond donors (Lipinski definition) is 2. The van der Waals surface area contributed by atoms with Crippen molar-refractivity contribution in [3.63, 3.8) is 0 Å². The number of piperidine rings is 1. The van der Waals surface area contributed by atoms with Gasteiger partial charge in [-0.05, 0) is 68.7 Å². The molecule has 1 aromatic carbocycles. The lowest BCUT2D eigenvalue weighted by Crippen LogP contribution is -2.43. The van der Waals surface area contributed by atoms with E-state index in [2.05, 4.69) is 5.32 Å². The number of amides is 1. The Balaban J connectivity index is 0.00000261. The Hall–Kier alpha value is -1.15. The van der Waals surface area contributed by atoms with Crippen LogP contribution in [0, 0.1) is 5.92 Å². The van der Waals surface area contributed by atoms with Gasteiger partial charge >= 0.3 is 0 Å². The van der Waals surface area contributed by atoms with Gasteiger partial charge in [0.1, 0.15) is 0 Å². The van der Waals surface area contributed by atoms with Crippen LogP contribution in [0.25, 0.3) is 0 Å². The summed E-state index contributed by atoms with van der Waals surface area (Å²) in [5.74, 6) is -0.102. The highest BCUT2D eigenvalue weighted by atomic mass is 35.5. The minimum atomic E-state index is -3.48. The Labute approximate surface area is 168 Å². The van der Waals surface area contributed by atoms with E-state index in [0.717, 1.165) is 31.2 Å². The van der Waals surface area contributed by atoms with Crippen molar-refractivity contribution >= 4 is 28.3 Å². The summed E-state index contributed by atoms with van der Waals surface area (Å²) in [6.45, 7) is 3.27. The average molecular weight is 416 g/mol. The van der Waals surface area contributed by atoms with Crippen LogP contribution in [0.2, 0.25) is 0 Å². The van der Waals surface area contributed by atoms with Crippen LogP contribution in [-0.4, -0.2) is 44.3 Å². The van der Waals surface area contributed by atoms with E-state index < -0.39 is 10.0 Å². The van der Waals surface area contributed by atoms with Crippen LogP contribution in [0.1, 0.15) is 43.7 Å². The highest BCUT2D eigenvalue weighted by Crippen LogP contribution is 2.28. The van der Waals surface area contributed by atoms with E-state index in [4.69, 9.17) is 5.73 Å².